The maximum absolute atomic E-state index is 6.02. The molecule has 0 amide bonds. The number of rotatable bonds is 3. The lowest BCUT2D eigenvalue weighted by molar-refractivity contribution is 0.708. The Balaban J connectivity index is 2.30. The molecule has 0 saturated heterocycles. The van der Waals surface area contributed by atoms with Crippen molar-refractivity contribution in [2.45, 2.75) is 19.9 Å². The molecule has 16 heavy (non-hydrogen) atoms. The molecular weight excluding hydrogens is 226 g/mol. The molecule has 0 aliphatic heterocycles. The maximum Gasteiger partial charge on any atom is 0.145 e. The van der Waals surface area contributed by atoms with Crippen LogP contribution in [0.25, 0.3) is 0 Å². The second-order valence-electron chi connectivity index (χ2n) is 3.33. The summed E-state index contributed by atoms with van der Waals surface area (Å²) in [6, 6.07) is 0. The second-order valence-corrected chi connectivity index (χ2v) is 3.70. The van der Waals surface area contributed by atoms with Crippen molar-refractivity contribution < 1.29 is 0 Å². The zero-order valence-corrected chi connectivity index (χ0v) is 9.65. The summed E-state index contributed by atoms with van der Waals surface area (Å²) in [5.41, 5.74) is 6.31. The van der Waals surface area contributed by atoms with Gasteiger partial charge in [-0.1, -0.05) is 11.6 Å². The van der Waals surface area contributed by atoms with Gasteiger partial charge < -0.3 is 10.3 Å². The molecule has 0 fully saturated rings. The average molecular weight is 238 g/mol. The number of anilines is 1. The van der Waals surface area contributed by atoms with Crippen molar-refractivity contribution in [3.63, 3.8) is 0 Å². The van der Waals surface area contributed by atoms with Crippen LogP contribution < -0.4 is 5.73 Å². The predicted octanol–water partition coefficient (Wildman–Crippen LogP) is 1.52. The zero-order valence-electron chi connectivity index (χ0n) is 8.89. The summed E-state index contributed by atoms with van der Waals surface area (Å²) < 4.78 is 2.04. The van der Waals surface area contributed by atoms with Crippen molar-refractivity contribution in [1.29, 1.82) is 0 Å². The summed E-state index contributed by atoms with van der Waals surface area (Å²) in [6.07, 6.45) is 5.66. The summed E-state index contributed by atoms with van der Waals surface area (Å²) in [5.74, 6) is 1.23. The summed E-state index contributed by atoms with van der Waals surface area (Å²) in [7, 11) is 0. The van der Waals surface area contributed by atoms with Crippen LogP contribution in [0.3, 0.4) is 0 Å². The number of nitrogens with zero attached hydrogens (tertiary/aromatic N) is 4. The van der Waals surface area contributed by atoms with Crippen molar-refractivity contribution in [2.75, 3.05) is 5.73 Å². The number of aromatic nitrogens is 4. The van der Waals surface area contributed by atoms with Crippen molar-refractivity contribution in [2.24, 2.45) is 0 Å². The number of aryl methyl sites for hydroxylation is 1. The molecule has 84 valence electrons. The number of hydrogen-bond donors (Lipinski definition) is 1. The van der Waals surface area contributed by atoms with Crippen molar-refractivity contribution in [3.05, 3.63) is 35.3 Å². The summed E-state index contributed by atoms with van der Waals surface area (Å²) in [4.78, 5) is 12.2. The minimum atomic E-state index is 0.307. The van der Waals surface area contributed by atoms with Crippen molar-refractivity contribution in [1.82, 2.24) is 19.5 Å². The first-order valence-corrected chi connectivity index (χ1v) is 5.35. The van der Waals surface area contributed by atoms with Crippen molar-refractivity contribution >= 4 is 17.4 Å². The number of nitrogen functional groups attached to an aromatic ring is 1. The zero-order chi connectivity index (χ0) is 11.5. The van der Waals surface area contributed by atoms with E-state index >= 15 is 0 Å². The number of nitrogens with two attached hydrogens (primary N) is 1. The fourth-order valence-corrected chi connectivity index (χ4v) is 1.65. The van der Waals surface area contributed by atoms with Gasteiger partial charge in [-0.25, -0.2) is 15.0 Å². The van der Waals surface area contributed by atoms with Gasteiger partial charge >= 0.3 is 0 Å². The maximum atomic E-state index is 6.02. The third kappa shape index (κ3) is 1.99. The highest BCUT2D eigenvalue weighted by Crippen LogP contribution is 2.20. The van der Waals surface area contributed by atoms with E-state index in [0.717, 1.165) is 12.4 Å². The first kappa shape index (κ1) is 10.9. The summed E-state index contributed by atoms with van der Waals surface area (Å²) in [6.45, 7) is 2.93. The SMILES string of the molecule is CCn1ccnc1Cc1ncnc(N)c1Cl. The van der Waals surface area contributed by atoms with Gasteiger partial charge in [0.15, 0.2) is 0 Å². The van der Waals surface area contributed by atoms with E-state index < -0.39 is 0 Å². The van der Waals surface area contributed by atoms with Gasteiger partial charge in [0.1, 0.15) is 23.0 Å². The molecule has 6 heteroatoms. The molecule has 0 aliphatic rings. The lowest BCUT2D eigenvalue weighted by Crippen LogP contribution is -2.05. The quantitative estimate of drug-likeness (QED) is 0.879. The van der Waals surface area contributed by atoms with Gasteiger partial charge in [-0.15, -0.1) is 0 Å². The third-order valence-electron chi connectivity index (χ3n) is 2.36. The Hall–Kier alpha value is -1.62. The predicted molar refractivity (Wildman–Crippen MR) is 62.2 cm³/mol. The van der Waals surface area contributed by atoms with Crippen LogP contribution in [-0.2, 0) is 13.0 Å². The molecule has 2 N–H and O–H groups in total. The van der Waals surface area contributed by atoms with E-state index in [1.807, 2.05) is 10.8 Å². The molecule has 0 spiro atoms. The van der Waals surface area contributed by atoms with E-state index in [1.165, 1.54) is 6.33 Å². The average Bonchev–Trinajstić information content (AvgIpc) is 2.72. The van der Waals surface area contributed by atoms with Gasteiger partial charge in [-0.3, -0.25) is 0 Å². The van der Waals surface area contributed by atoms with E-state index in [2.05, 4.69) is 21.9 Å². The molecule has 0 bridgehead atoms. The Kier molecular flexibility index (Phi) is 3.05. The Morgan fingerprint density at radius 1 is 1.38 bits per heavy atom. The molecule has 2 aromatic rings. The van der Waals surface area contributed by atoms with Gasteiger partial charge in [0, 0.05) is 25.4 Å². The number of halogens is 1. The molecule has 5 nitrogen and oxygen atoms in total. The van der Waals surface area contributed by atoms with Gasteiger partial charge in [0.05, 0.1) is 5.69 Å². The molecule has 2 rings (SSSR count). The molecule has 0 radical (unpaired) electrons. The van der Waals surface area contributed by atoms with E-state index in [9.17, 15) is 0 Å². The minimum absolute atomic E-state index is 0.307. The molecule has 0 saturated carbocycles. The van der Waals surface area contributed by atoms with Crippen LogP contribution in [0.1, 0.15) is 18.4 Å². The van der Waals surface area contributed by atoms with Crippen LogP contribution in [0, 0.1) is 0 Å². The fraction of sp³-hybridized carbons (Fsp3) is 0.300. The first-order chi connectivity index (χ1) is 7.72. The Morgan fingerprint density at radius 2 is 2.19 bits per heavy atom. The molecule has 2 aromatic heterocycles. The van der Waals surface area contributed by atoms with Crippen LogP contribution >= 0.6 is 11.6 Å². The van der Waals surface area contributed by atoms with E-state index in [1.54, 1.807) is 6.20 Å². The molecule has 0 atom stereocenters. The molecule has 0 aromatic carbocycles. The minimum Gasteiger partial charge on any atom is -0.382 e. The second kappa shape index (κ2) is 4.49. The van der Waals surface area contributed by atoms with Gasteiger partial charge in [0.2, 0.25) is 0 Å². The normalized spacial score (nSPS) is 10.6. The Labute approximate surface area is 98.3 Å². The lowest BCUT2D eigenvalue weighted by atomic mass is 10.2. The van der Waals surface area contributed by atoms with Crippen molar-refractivity contribution in [3.8, 4) is 0 Å². The van der Waals surface area contributed by atoms with Crippen LogP contribution in [0.5, 0.6) is 0 Å². The van der Waals surface area contributed by atoms with Crippen LogP contribution in [0.2, 0.25) is 5.02 Å². The number of hydrogen-bond acceptors (Lipinski definition) is 4. The molecule has 0 unspecified atom stereocenters. The topological polar surface area (TPSA) is 69.6 Å². The fourth-order valence-electron chi connectivity index (χ4n) is 1.49. The highest BCUT2D eigenvalue weighted by molar-refractivity contribution is 6.33. The Bertz CT molecular complexity index is 494. The molecule has 0 aliphatic carbocycles. The largest absolute Gasteiger partial charge is 0.382 e. The standard InChI is InChI=1S/C10H12ClN5/c1-2-16-4-3-13-8(16)5-7-9(11)10(12)15-6-14-7/h3-4,6H,2,5H2,1H3,(H2,12,14,15). The van der Waals surface area contributed by atoms with Crippen LogP contribution in [0.15, 0.2) is 18.7 Å². The van der Waals surface area contributed by atoms with E-state index in [-0.39, 0.29) is 0 Å². The van der Waals surface area contributed by atoms with Gasteiger partial charge in [0.25, 0.3) is 0 Å². The summed E-state index contributed by atoms with van der Waals surface area (Å²) >= 11 is 6.02. The van der Waals surface area contributed by atoms with Gasteiger partial charge in [-0.05, 0) is 6.92 Å². The lowest BCUT2D eigenvalue weighted by Gasteiger charge is -2.06. The first-order valence-electron chi connectivity index (χ1n) is 4.97. The third-order valence-corrected chi connectivity index (χ3v) is 2.77. The van der Waals surface area contributed by atoms with Crippen LogP contribution in [-0.4, -0.2) is 19.5 Å². The Morgan fingerprint density at radius 3 is 2.94 bits per heavy atom. The molecular formula is C10H12ClN5. The van der Waals surface area contributed by atoms with Gasteiger partial charge in [-0.2, -0.15) is 0 Å². The highest BCUT2D eigenvalue weighted by Gasteiger charge is 2.10. The van der Waals surface area contributed by atoms with E-state index in [4.69, 9.17) is 17.3 Å². The monoisotopic (exact) mass is 237 g/mol. The van der Waals surface area contributed by atoms with Crippen LogP contribution in [0.4, 0.5) is 5.82 Å². The smallest absolute Gasteiger partial charge is 0.145 e. The number of imidazole rings is 1. The summed E-state index contributed by atoms with van der Waals surface area (Å²) in [5, 5.41) is 0.410. The highest BCUT2D eigenvalue weighted by atomic mass is 35.5. The van der Waals surface area contributed by atoms with E-state index in [0.29, 0.717) is 23.0 Å². The molecule has 2 heterocycles.